The van der Waals surface area contributed by atoms with Crippen molar-refractivity contribution >= 4 is 29.1 Å². The molecule has 1 fully saturated rings. The second-order valence-corrected chi connectivity index (χ2v) is 5.46. The molecular weight excluding hydrogens is 286 g/mol. The van der Waals surface area contributed by atoms with E-state index in [0.717, 1.165) is 38.4 Å². The van der Waals surface area contributed by atoms with Crippen molar-refractivity contribution in [2.75, 3.05) is 41.7 Å². The number of benzene rings is 1. The minimum absolute atomic E-state index is 0.224. The lowest BCUT2D eigenvalue weighted by Gasteiger charge is -2.24. The second-order valence-electron chi connectivity index (χ2n) is 5.07. The van der Waals surface area contributed by atoms with Crippen LogP contribution in [0.2, 0.25) is 5.15 Å². The van der Waals surface area contributed by atoms with Crippen LogP contribution >= 0.6 is 11.6 Å². The van der Waals surface area contributed by atoms with Gasteiger partial charge in [0.15, 0.2) is 0 Å². The summed E-state index contributed by atoms with van der Waals surface area (Å²) in [5, 5.41) is 0.390. The smallest absolute Gasteiger partial charge is 0.223 e. The third-order valence-corrected chi connectivity index (χ3v) is 3.83. The Balaban J connectivity index is 1.73. The molecule has 1 aliphatic heterocycles. The van der Waals surface area contributed by atoms with E-state index in [2.05, 4.69) is 44.0 Å². The zero-order valence-corrected chi connectivity index (χ0v) is 12.5. The first-order valence-electron chi connectivity index (χ1n) is 7.07. The Morgan fingerprint density at radius 1 is 0.952 bits per heavy atom. The van der Waals surface area contributed by atoms with Crippen molar-refractivity contribution in [3.63, 3.8) is 0 Å². The summed E-state index contributed by atoms with van der Waals surface area (Å²) in [5.74, 6) is 1.03. The molecule has 3 rings (SSSR count). The molecule has 0 spiro atoms. The van der Waals surface area contributed by atoms with Crippen molar-refractivity contribution in [3.8, 4) is 0 Å². The molecule has 1 aliphatic rings. The highest BCUT2D eigenvalue weighted by molar-refractivity contribution is 6.29. The number of halogens is 1. The molecule has 110 valence electrons. The maximum atomic E-state index is 5.97. The lowest BCUT2D eigenvalue weighted by atomic mass is 10.3. The molecule has 5 nitrogen and oxygen atoms in total. The van der Waals surface area contributed by atoms with Gasteiger partial charge in [-0.05, 0) is 18.6 Å². The minimum Gasteiger partial charge on any atom is -0.370 e. The van der Waals surface area contributed by atoms with Gasteiger partial charge < -0.3 is 15.5 Å². The van der Waals surface area contributed by atoms with Crippen molar-refractivity contribution in [2.24, 2.45) is 0 Å². The van der Waals surface area contributed by atoms with Gasteiger partial charge in [-0.15, -0.1) is 0 Å². The van der Waals surface area contributed by atoms with Gasteiger partial charge in [0.1, 0.15) is 11.0 Å². The van der Waals surface area contributed by atoms with E-state index in [9.17, 15) is 0 Å². The maximum absolute atomic E-state index is 5.97. The molecular formula is C15H18ClN5. The van der Waals surface area contributed by atoms with Crippen LogP contribution in [0.25, 0.3) is 0 Å². The topological polar surface area (TPSA) is 58.3 Å². The molecule has 6 heteroatoms. The molecule has 0 amide bonds. The van der Waals surface area contributed by atoms with Crippen molar-refractivity contribution in [1.82, 2.24) is 9.97 Å². The summed E-state index contributed by atoms with van der Waals surface area (Å²) in [4.78, 5) is 12.8. The molecule has 1 aromatic heterocycles. The fourth-order valence-electron chi connectivity index (χ4n) is 2.63. The molecule has 0 unspecified atom stereocenters. The molecule has 2 aromatic rings. The van der Waals surface area contributed by atoms with Crippen LogP contribution in [0.5, 0.6) is 0 Å². The number of hydrogen-bond donors (Lipinski definition) is 1. The van der Waals surface area contributed by atoms with Gasteiger partial charge in [-0.2, -0.15) is 4.98 Å². The lowest BCUT2D eigenvalue weighted by Crippen LogP contribution is -2.31. The van der Waals surface area contributed by atoms with Crippen molar-refractivity contribution in [3.05, 3.63) is 41.6 Å². The van der Waals surface area contributed by atoms with E-state index >= 15 is 0 Å². The summed E-state index contributed by atoms with van der Waals surface area (Å²) >= 11 is 5.97. The molecule has 0 atom stereocenters. The zero-order valence-electron chi connectivity index (χ0n) is 11.7. The molecule has 1 saturated heterocycles. The first-order valence-corrected chi connectivity index (χ1v) is 7.45. The highest BCUT2D eigenvalue weighted by Gasteiger charge is 2.17. The number of aromatic nitrogens is 2. The number of hydrogen-bond acceptors (Lipinski definition) is 5. The fraction of sp³-hybridized carbons (Fsp3) is 0.333. The number of para-hydroxylation sites is 1. The van der Waals surface area contributed by atoms with Crippen LogP contribution < -0.4 is 15.5 Å². The first-order chi connectivity index (χ1) is 10.2. The second kappa shape index (κ2) is 6.18. The standard InChI is InChI=1S/C15H18ClN5/c16-13-11-14(19-15(17)18-13)21-8-4-7-20(9-10-21)12-5-2-1-3-6-12/h1-3,5-6,11H,4,7-10H2,(H2,17,18,19). The summed E-state index contributed by atoms with van der Waals surface area (Å²) in [6, 6.07) is 12.3. The number of nitrogens with zero attached hydrogens (tertiary/aromatic N) is 4. The van der Waals surface area contributed by atoms with Crippen LogP contribution in [0.4, 0.5) is 17.5 Å². The number of anilines is 3. The summed E-state index contributed by atoms with van der Waals surface area (Å²) in [6.07, 6.45) is 1.07. The molecule has 2 heterocycles. The number of rotatable bonds is 2. The Morgan fingerprint density at radius 3 is 2.43 bits per heavy atom. The fourth-order valence-corrected chi connectivity index (χ4v) is 2.81. The van der Waals surface area contributed by atoms with Crippen molar-refractivity contribution in [2.45, 2.75) is 6.42 Å². The van der Waals surface area contributed by atoms with Crippen LogP contribution in [0.3, 0.4) is 0 Å². The Hall–Kier alpha value is -2.01. The molecule has 0 aliphatic carbocycles. The van der Waals surface area contributed by atoms with Gasteiger partial charge in [-0.1, -0.05) is 29.8 Å². The Kier molecular flexibility index (Phi) is 4.10. The summed E-state index contributed by atoms with van der Waals surface area (Å²) in [5.41, 5.74) is 6.94. The first kappa shape index (κ1) is 13.9. The zero-order chi connectivity index (χ0) is 14.7. The van der Waals surface area contributed by atoms with Crippen LogP contribution in [-0.2, 0) is 0 Å². The van der Waals surface area contributed by atoms with Gasteiger partial charge in [0.25, 0.3) is 0 Å². The third kappa shape index (κ3) is 3.36. The van der Waals surface area contributed by atoms with E-state index in [1.807, 2.05) is 6.07 Å². The molecule has 0 bridgehead atoms. The molecule has 1 aromatic carbocycles. The lowest BCUT2D eigenvalue weighted by molar-refractivity contribution is 0.797. The van der Waals surface area contributed by atoms with Crippen LogP contribution in [0.1, 0.15) is 6.42 Å². The van der Waals surface area contributed by atoms with E-state index in [1.165, 1.54) is 5.69 Å². The largest absolute Gasteiger partial charge is 0.370 e. The van der Waals surface area contributed by atoms with Gasteiger partial charge >= 0.3 is 0 Å². The third-order valence-electron chi connectivity index (χ3n) is 3.64. The van der Waals surface area contributed by atoms with Crippen LogP contribution in [-0.4, -0.2) is 36.1 Å². The Bertz CT molecular complexity index is 584. The average Bonchev–Trinajstić information content (AvgIpc) is 2.73. The molecule has 21 heavy (non-hydrogen) atoms. The van der Waals surface area contributed by atoms with Gasteiger partial charge in [0.2, 0.25) is 5.95 Å². The van der Waals surface area contributed by atoms with Crippen molar-refractivity contribution in [1.29, 1.82) is 0 Å². The van der Waals surface area contributed by atoms with Gasteiger partial charge in [-0.25, -0.2) is 4.98 Å². The van der Waals surface area contributed by atoms with E-state index in [1.54, 1.807) is 6.07 Å². The van der Waals surface area contributed by atoms with Crippen LogP contribution in [0.15, 0.2) is 36.4 Å². The number of nitrogens with two attached hydrogens (primary N) is 1. The number of nitrogen functional groups attached to an aromatic ring is 1. The minimum atomic E-state index is 0.224. The highest BCUT2D eigenvalue weighted by Crippen LogP contribution is 2.21. The van der Waals surface area contributed by atoms with Crippen molar-refractivity contribution < 1.29 is 0 Å². The molecule has 0 saturated carbocycles. The maximum Gasteiger partial charge on any atom is 0.223 e. The predicted molar refractivity (Wildman–Crippen MR) is 86.9 cm³/mol. The van der Waals surface area contributed by atoms with E-state index in [0.29, 0.717) is 5.15 Å². The summed E-state index contributed by atoms with van der Waals surface area (Å²) in [6.45, 7) is 3.82. The molecule has 2 N–H and O–H groups in total. The normalized spacial score (nSPS) is 15.9. The Morgan fingerprint density at radius 2 is 1.67 bits per heavy atom. The SMILES string of the molecule is Nc1nc(Cl)cc(N2CCCN(c3ccccc3)CC2)n1. The highest BCUT2D eigenvalue weighted by atomic mass is 35.5. The van der Waals surface area contributed by atoms with E-state index in [4.69, 9.17) is 17.3 Å². The van der Waals surface area contributed by atoms with Gasteiger partial charge in [-0.3, -0.25) is 0 Å². The average molecular weight is 304 g/mol. The predicted octanol–water partition coefficient (Wildman–Crippen LogP) is 2.43. The van der Waals surface area contributed by atoms with Crippen LogP contribution in [0, 0.1) is 0 Å². The Labute approximate surface area is 129 Å². The summed E-state index contributed by atoms with van der Waals surface area (Å²) in [7, 11) is 0. The quantitative estimate of drug-likeness (QED) is 0.864. The van der Waals surface area contributed by atoms with Gasteiger partial charge in [0.05, 0.1) is 0 Å². The summed E-state index contributed by atoms with van der Waals surface area (Å²) < 4.78 is 0. The van der Waals surface area contributed by atoms with Gasteiger partial charge in [0, 0.05) is 37.9 Å². The van der Waals surface area contributed by atoms with E-state index in [-0.39, 0.29) is 5.95 Å². The molecule has 0 radical (unpaired) electrons. The van der Waals surface area contributed by atoms with E-state index < -0.39 is 0 Å². The monoisotopic (exact) mass is 303 g/mol.